The van der Waals surface area contributed by atoms with E-state index in [1.807, 2.05) is 0 Å². The van der Waals surface area contributed by atoms with Gasteiger partial charge < -0.3 is 62.4 Å². The first kappa shape index (κ1) is 47.5. The van der Waals surface area contributed by atoms with Crippen molar-refractivity contribution in [1.82, 2.24) is 31.9 Å². The minimum Gasteiger partial charge on any atom is -0.481 e. The Morgan fingerprint density at radius 2 is 1.15 bits per heavy atom. The van der Waals surface area contributed by atoms with Crippen LogP contribution in [0.5, 0.6) is 0 Å². The van der Waals surface area contributed by atoms with Crippen molar-refractivity contribution in [2.45, 2.75) is 110 Å². The van der Waals surface area contributed by atoms with Crippen molar-refractivity contribution in [3.8, 4) is 0 Å². The third-order valence-electron chi connectivity index (χ3n) is 7.02. The lowest BCUT2D eigenvalue weighted by Gasteiger charge is -2.27. The topological polar surface area (TPSA) is 359 Å². The van der Waals surface area contributed by atoms with Crippen LogP contribution in [0.1, 0.15) is 67.2 Å². The summed E-state index contributed by atoms with van der Waals surface area (Å²) in [5.41, 5.74) is 5.81. The molecule has 0 aromatic rings. The van der Waals surface area contributed by atoms with Crippen LogP contribution in [0, 0.1) is 11.8 Å². The first-order valence-electron chi connectivity index (χ1n) is 16.0. The molecule has 12 N–H and O–H groups in total. The van der Waals surface area contributed by atoms with Gasteiger partial charge in [0.05, 0.1) is 25.1 Å². The Morgan fingerprint density at radius 3 is 1.63 bits per heavy atom. The average molecular weight is 768 g/mol. The molecule has 0 bridgehead atoms. The van der Waals surface area contributed by atoms with Gasteiger partial charge in [-0.05, 0) is 38.5 Å². The Bertz CT molecular complexity index is 1360. The van der Waals surface area contributed by atoms with Crippen molar-refractivity contribution >= 4 is 61.5 Å². The highest BCUT2D eigenvalue weighted by atomic mass is 31.2. The summed E-state index contributed by atoms with van der Waals surface area (Å²) in [4.78, 5) is 130. The standard InChI is InChI=1S/C29H50N7O15P/c1-13(2)9-18(27(45)35-19(10-22(40)41)26(44)31-15(5)11-37)34-28(46)20(12-51-52(48,49)50)36-24(42)16(6)32-25(43)17(7-8-21(38)39)33-29(47)23(30)14(3)4/h11,13-20,23H,7-10,12,30H2,1-6H3,(H,31,44)(H,32,43)(H,33,47)(H,34,46)(H,35,45)(H,36,42)(H,38,39)(H,40,41)(H2,48,49,50)/t15-,16-,17-,18-,19-,20-,23-/m0/s1. The summed E-state index contributed by atoms with van der Waals surface area (Å²) in [6.45, 7) is 7.83. The smallest absolute Gasteiger partial charge is 0.469 e. The Labute approximate surface area is 299 Å². The summed E-state index contributed by atoms with van der Waals surface area (Å²) in [6, 6.07) is -10.2. The summed E-state index contributed by atoms with van der Waals surface area (Å²) in [6.07, 6.45) is -1.62. The molecule has 0 saturated heterocycles. The molecule has 0 rings (SSSR count). The molecular formula is C29H50N7O15P. The molecule has 6 amide bonds. The van der Waals surface area contributed by atoms with E-state index in [4.69, 9.17) is 10.8 Å². The van der Waals surface area contributed by atoms with Crippen LogP contribution in [0.4, 0.5) is 0 Å². The molecule has 296 valence electrons. The molecule has 0 aromatic carbocycles. The Balaban J connectivity index is 6.14. The van der Waals surface area contributed by atoms with Crippen molar-refractivity contribution in [3.05, 3.63) is 0 Å². The predicted molar refractivity (Wildman–Crippen MR) is 178 cm³/mol. The van der Waals surface area contributed by atoms with Gasteiger partial charge in [0, 0.05) is 6.42 Å². The van der Waals surface area contributed by atoms with Gasteiger partial charge in [0.15, 0.2) is 0 Å². The van der Waals surface area contributed by atoms with Crippen LogP contribution in [0.25, 0.3) is 0 Å². The van der Waals surface area contributed by atoms with Gasteiger partial charge in [-0.3, -0.25) is 42.9 Å². The number of aliphatic carboxylic acids is 2. The number of nitrogens with one attached hydrogen (secondary N) is 6. The molecule has 0 aliphatic rings. The molecule has 0 aliphatic heterocycles. The molecule has 0 radical (unpaired) electrons. The predicted octanol–water partition coefficient (Wildman–Crippen LogP) is -3.39. The van der Waals surface area contributed by atoms with E-state index in [2.05, 4.69) is 36.4 Å². The number of rotatable bonds is 24. The van der Waals surface area contributed by atoms with Gasteiger partial charge in [0.25, 0.3) is 0 Å². The molecular weight excluding hydrogens is 717 g/mol. The Hall–Kier alpha value is -4.50. The van der Waals surface area contributed by atoms with Gasteiger partial charge in [-0.2, -0.15) is 0 Å². The van der Waals surface area contributed by atoms with E-state index >= 15 is 0 Å². The van der Waals surface area contributed by atoms with Crippen LogP contribution in [-0.2, 0) is 52.2 Å². The maximum Gasteiger partial charge on any atom is 0.469 e. The first-order chi connectivity index (χ1) is 23.9. The third kappa shape index (κ3) is 19.2. The molecule has 52 heavy (non-hydrogen) atoms. The second-order valence-electron chi connectivity index (χ2n) is 12.6. The number of aldehydes is 1. The fourth-order valence-electron chi connectivity index (χ4n) is 4.13. The average Bonchev–Trinajstić information content (AvgIpc) is 3.02. The van der Waals surface area contributed by atoms with Crippen molar-refractivity contribution in [1.29, 1.82) is 0 Å². The van der Waals surface area contributed by atoms with Crippen molar-refractivity contribution in [3.63, 3.8) is 0 Å². The van der Waals surface area contributed by atoms with E-state index in [0.29, 0.717) is 6.29 Å². The van der Waals surface area contributed by atoms with Crippen molar-refractivity contribution < 1.29 is 72.2 Å². The molecule has 0 aromatic heterocycles. The fourth-order valence-corrected chi connectivity index (χ4v) is 4.47. The zero-order valence-electron chi connectivity index (χ0n) is 29.6. The van der Waals surface area contributed by atoms with Gasteiger partial charge in [-0.15, -0.1) is 0 Å². The molecule has 7 atom stereocenters. The zero-order chi connectivity index (χ0) is 40.5. The first-order valence-corrected chi connectivity index (χ1v) is 17.6. The Kier molecular flexibility index (Phi) is 20.5. The maximum atomic E-state index is 13.4. The second kappa shape index (κ2) is 22.4. The number of carbonyl (C=O) groups is 9. The highest BCUT2D eigenvalue weighted by molar-refractivity contribution is 7.46. The minimum atomic E-state index is -5.24. The number of amides is 6. The summed E-state index contributed by atoms with van der Waals surface area (Å²) in [5, 5.41) is 31.7. The Morgan fingerprint density at radius 1 is 0.673 bits per heavy atom. The molecule has 0 unspecified atom stereocenters. The van der Waals surface area contributed by atoms with E-state index in [-0.39, 0.29) is 18.3 Å². The number of hydrogen-bond acceptors (Lipinski definition) is 12. The molecule has 23 heteroatoms. The maximum absolute atomic E-state index is 13.4. The largest absolute Gasteiger partial charge is 0.481 e. The lowest BCUT2D eigenvalue weighted by molar-refractivity contribution is -0.141. The number of nitrogens with two attached hydrogens (primary N) is 1. The van der Waals surface area contributed by atoms with Crippen LogP contribution in [-0.4, -0.2) is 123 Å². The highest BCUT2D eigenvalue weighted by Gasteiger charge is 2.34. The summed E-state index contributed by atoms with van der Waals surface area (Å²) < 4.78 is 15.9. The van der Waals surface area contributed by atoms with E-state index < -0.39 is 123 Å². The summed E-state index contributed by atoms with van der Waals surface area (Å²) in [5.74, 6) is -9.66. The quantitative estimate of drug-likeness (QED) is 0.0337. The van der Waals surface area contributed by atoms with Crippen molar-refractivity contribution in [2.75, 3.05) is 6.61 Å². The van der Waals surface area contributed by atoms with Gasteiger partial charge in [0.2, 0.25) is 35.4 Å². The lowest BCUT2D eigenvalue weighted by Crippen LogP contribution is -2.60. The molecule has 0 fully saturated rings. The highest BCUT2D eigenvalue weighted by Crippen LogP contribution is 2.35. The molecule has 0 saturated carbocycles. The number of phosphoric acid groups is 1. The van der Waals surface area contributed by atoms with Crippen LogP contribution >= 0.6 is 7.82 Å². The molecule has 0 heterocycles. The van der Waals surface area contributed by atoms with Gasteiger partial charge in [0.1, 0.15) is 36.5 Å². The third-order valence-corrected chi connectivity index (χ3v) is 7.51. The zero-order valence-corrected chi connectivity index (χ0v) is 30.5. The van der Waals surface area contributed by atoms with Gasteiger partial charge in [-0.25, -0.2) is 4.57 Å². The van der Waals surface area contributed by atoms with Gasteiger partial charge in [-0.1, -0.05) is 27.7 Å². The van der Waals surface area contributed by atoms with E-state index in [1.54, 1.807) is 27.7 Å². The van der Waals surface area contributed by atoms with Crippen LogP contribution in [0.3, 0.4) is 0 Å². The number of phosphoric ester groups is 1. The number of hydrogen-bond donors (Lipinski definition) is 11. The summed E-state index contributed by atoms with van der Waals surface area (Å²) >= 11 is 0. The second-order valence-corrected chi connectivity index (χ2v) is 13.9. The van der Waals surface area contributed by atoms with Crippen LogP contribution in [0.15, 0.2) is 0 Å². The van der Waals surface area contributed by atoms with E-state index in [1.165, 1.54) is 6.92 Å². The summed E-state index contributed by atoms with van der Waals surface area (Å²) in [7, 11) is -5.24. The van der Waals surface area contributed by atoms with Crippen molar-refractivity contribution in [2.24, 2.45) is 17.6 Å². The van der Waals surface area contributed by atoms with E-state index in [9.17, 15) is 62.6 Å². The number of carbonyl (C=O) groups excluding carboxylic acids is 7. The normalized spacial score (nSPS) is 15.4. The van der Waals surface area contributed by atoms with E-state index in [0.717, 1.165) is 6.92 Å². The van der Waals surface area contributed by atoms with Gasteiger partial charge >= 0.3 is 19.8 Å². The molecule has 22 nitrogen and oxygen atoms in total. The minimum absolute atomic E-state index is 0.125. The number of carboxylic acids is 2. The lowest BCUT2D eigenvalue weighted by atomic mass is 10.0. The molecule has 0 aliphatic carbocycles. The monoisotopic (exact) mass is 767 g/mol. The number of carboxylic acid groups (broad SMARTS) is 2. The van der Waals surface area contributed by atoms with Crippen LogP contribution < -0.4 is 37.6 Å². The SMILES string of the molecule is CC(C)C[C@H](NC(=O)[C@H](COP(=O)(O)O)NC(=O)[C@H](C)NC(=O)[C@H](CCC(=O)O)NC(=O)[C@@H](N)C(C)C)C(=O)N[C@@H](CC(=O)O)C(=O)N[C@@H](C)C=O. The fraction of sp³-hybridized carbons (Fsp3) is 0.690. The molecule has 0 spiro atoms. The van der Waals surface area contributed by atoms with Crippen LogP contribution in [0.2, 0.25) is 0 Å².